The largest absolute Gasteiger partial charge is 0.573 e. The summed E-state index contributed by atoms with van der Waals surface area (Å²) in [5.74, 6) is -0.178. The van der Waals surface area contributed by atoms with Gasteiger partial charge in [-0.25, -0.2) is 13.2 Å². The van der Waals surface area contributed by atoms with E-state index in [1.807, 2.05) is 0 Å². The lowest BCUT2D eigenvalue weighted by Gasteiger charge is -2.16. The molecule has 36 heavy (non-hydrogen) atoms. The Bertz CT molecular complexity index is 1310. The fraction of sp³-hybridized carbons (Fsp3) is 0.174. The van der Waals surface area contributed by atoms with Crippen molar-refractivity contribution < 1.29 is 41.0 Å². The van der Waals surface area contributed by atoms with Crippen LogP contribution in [-0.4, -0.2) is 32.2 Å². The number of aromatic hydroxyl groups is 1. The molecule has 1 unspecified atom stereocenters. The Morgan fingerprint density at radius 2 is 1.47 bits per heavy atom. The Labute approximate surface area is 204 Å². The van der Waals surface area contributed by atoms with Crippen molar-refractivity contribution in [3.63, 3.8) is 0 Å². The van der Waals surface area contributed by atoms with Crippen LogP contribution in [0.1, 0.15) is 18.6 Å². The van der Waals surface area contributed by atoms with Crippen molar-refractivity contribution in [3.05, 3.63) is 72.3 Å². The number of ether oxygens (including phenoxy) is 2. The van der Waals surface area contributed by atoms with Gasteiger partial charge in [-0.1, -0.05) is 12.1 Å². The monoisotopic (exact) mass is 525 g/mol. The third-order valence-electron chi connectivity index (χ3n) is 4.56. The first-order valence-corrected chi connectivity index (χ1v) is 12.2. The summed E-state index contributed by atoms with van der Waals surface area (Å²) in [7, 11) is -3.63. The number of phenolic OH excluding ortho intramolecular Hbond substituents is 1. The van der Waals surface area contributed by atoms with Crippen LogP contribution in [0.2, 0.25) is 0 Å². The molecule has 9 nitrogen and oxygen atoms in total. The van der Waals surface area contributed by atoms with Crippen molar-refractivity contribution in [2.75, 3.05) is 21.6 Å². The van der Waals surface area contributed by atoms with Gasteiger partial charge in [0.2, 0.25) is 10.0 Å². The molecule has 0 saturated carbocycles. The number of nitrogens with one attached hydrogen (secondary N) is 3. The lowest BCUT2D eigenvalue weighted by Crippen LogP contribution is -2.19. The average Bonchev–Trinajstić information content (AvgIpc) is 2.76. The van der Waals surface area contributed by atoms with Crippen LogP contribution in [0.5, 0.6) is 17.2 Å². The maximum absolute atomic E-state index is 12.3. The summed E-state index contributed by atoms with van der Waals surface area (Å²) in [4.78, 5) is 12.3. The molecule has 0 fully saturated rings. The van der Waals surface area contributed by atoms with Gasteiger partial charge < -0.3 is 25.2 Å². The first kappa shape index (κ1) is 26.5. The van der Waals surface area contributed by atoms with E-state index in [0.29, 0.717) is 17.0 Å². The standard InChI is InChI=1S/C23H22F3N3O6S/c1-14(15-3-8-19(9-4-15)35-23(24,25)26)34-18-10-5-16(6-11-18)27-22(31)28-17-7-12-21(30)20(13-17)29-36(2,32)33/h3-14,29-30H,1-2H3,(H2,27,28,31). The summed E-state index contributed by atoms with van der Waals surface area (Å²) >= 11 is 0. The number of carbonyl (C=O) groups is 1. The van der Waals surface area contributed by atoms with E-state index < -0.39 is 28.5 Å². The predicted molar refractivity (Wildman–Crippen MR) is 128 cm³/mol. The van der Waals surface area contributed by atoms with E-state index in [4.69, 9.17) is 4.74 Å². The van der Waals surface area contributed by atoms with Crippen LogP contribution in [0, 0.1) is 0 Å². The van der Waals surface area contributed by atoms with Crippen molar-refractivity contribution in [1.82, 2.24) is 0 Å². The van der Waals surface area contributed by atoms with Gasteiger partial charge in [-0.05, 0) is 67.1 Å². The van der Waals surface area contributed by atoms with Gasteiger partial charge in [0.1, 0.15) is 23.4 Å². The molecule has 4 N–H and O–H groups in total. The molecule has 192 valence electrons. The Morgan fingerprint density at radius 1 is 0.917 bits per heavy atom. The van der Waals surface area contributed by atoms with Crippen molar-refractivity contribution in [1.29, 1.82) is 0 Å². The molecular formula is C23H22F3N3O6S. The molecule has 0 aliphatic rings. The molecule has 2 amide bonds. The Kier molecular flexibility index (Phi) is 7.83. The van der Waals surface area contributed by atoms with Crippen LogP contribution in [0.15, 0.2) is 66.7 Å². The highest BCUT2D eigenvalue weighted by Gasteiger charge is 2.31. The zero-order valence-corrected chi connectivity index (χ0v) is 19.8. The van der Waals surface area contributed by atoms with Crippen molar-refractivity contribution in [3.8, 4) is 17.2 Å². The van der Waals surface area contributed by atoms with E-state index in [1.54, 1.807) is 31.2 Å². The van der Waals surface area contributed by atoms with E-state index in [-0.39, 0.29) is 22.9 Å². The Hall–Kier alpha value is -4.13. The van der Waals surface area contributed by atoms with E-state index in [1.165, 1.54) is 42.5 Å². The molecule has 0 spiro atoms. The average molecular weight is 526 g/mol. The number of phenols is 1. The molecule has 0 radical (unpaired) electrons. The van der Waals surface area contributed by atoms with Gasteiger partial charge in [0.05, 0.1) is 11.9 Å². The SMILES string of the molecule is CC(Oc1ccc(NC(=O)Nc2ccc(O)c(NS(C)(=O)=O)c2)cc1)c1ccc(OC(F)(F)F)cc1. The van der Waals surface area contributed by atoms with Crippen LogP contribution in [-0.2, 0) is 10.0 Å². The number of hydrogen-bond donors (Lipinski definition) is 4. The number of hydrogen-bond acceptors (Lipinski definition) is 6. The second-order valence-corrected chi connectivity index (χ2v) is 9.34. The van der Waals surface area contributed by atoms with Crippen molar-refractivity contribution in [2.45, 2.75) is 19.4 Å². The molecule has 13 heteroatoms. The molecule has 0 aromatic heterocycles. The second-order valence-electron chi connectivity index (χ2n) is 7.59. The lowest BCUT2D eigenvalue weighted by molar-refractivity contribution is -0.274. The quantitative estimate of drug-likeness (QED) is 0.229. The summed E-state index contributed by atoms with van der Waals surface area (Å²) < 4.78 is 71.4. The van der Waals surface area contributed by atoms with Crippen LogP contribution in [0.3, 0.4) is 0 Å². The van der Waals surface area contributed by atoms with Crippen LogP contribution < -0.4 is 24.8 Å². The number of rotatable bonds is 8. The smallest absolute Gasteiger partial charge is 0.506 e. The number of carbonyl (C=O) groups excluding carboxylic acids is 1. The minimum atomic E-state index is -4.77. The summed E-state index contributed by atoms with van der Waals surface area (Å²) in [6, 6.07) is 14.9. The second kappa shape index (κ2) is 10.6. The maximum Gasteiger partial charge on any atom is 0.573 e. The highest BCUT2D eigenvalue weighted by molar-refractivity contribution is 7.92. The van der Waals surface area contributed by atoms with Gasteiger partial charge in [-0.2, -0.15) is 0 Å². The van der Waals surface area contributed by atoms with Gasteiger partial charge >= 0.3 is 12.4 Å². The third-order valence-corrected chi connectivity index (χ3v) is 5.15. The van der Waals surface area contributed by atoms with Crippen molar-refractivity contribution in [2.24, 2.45) is 0 Å². The van der Waals surface area contributed by atoms with E-state index in [0.717, 1.165) is 6.26 Å². The predicted octanol–water partition coefficient (Wildman–Crippen LogP) is 5.45. The number of urea groups is 1. The number of alkyl halides is 3. The van der Waals surface area contributed by atoms with Crippen LogP contribution in [0.4, 0.5) is 35.0 Å². The van der Waals surface area contributed by atoms with Crippen LogP contribution >= 0.6 is 0 Å². The number of halogens is 3. The van der Waals surface area contributed by atoms with Gasteiger partial charge in [0.25, 0.3) is 0 Å². The molecule has 0 bridgehead atoms. The van der Waals surface area contributed by atoms with E-state index in [2.05, 4.69) is 20.1 Å². The fourth-order valence-corrected chi connectivity index (χ4v) is 3.58. The van der Waals surface area contributed by atoms with Gasteiger partial charge in [-0.3, -0.25) is 4.72 Å². The summed E-state index contributed by atoms with van der Waals surface area (Å²) in [5.41, 5.74) is 1.20. The maximum atomic E-state index is 12.3. The molecule has 3 rings (SSSR count). The van der Waals surface area contributed by atoms with E-state index in [9.17, 15) is 31.5 Å². The zero-order valence-electron chi connectivity index (χ0n) is 19.0. The highest BCUT2D eigenvalue weighted by atomic mass is 32.2. The Balaban J connectivity index is 1.56. The minimum Gasteiger partial charge on any atom is -0.506 e. The summed E-state index contributed by atoms with van der Waals surface area (Å²) in [6.07, 6.45) is -4.31. The number of benzene rings is 3. The highest BCUT2D eigenvalue weighted by Crippen LogP contribution is 2.29. The normalized spacial score (nSPS) is 12.4. The first-order valence-electron chi connectivity index (χ1n) is 10.3. The van der Waals surface area contributed by atoms with Gasteiger partial charge in [0, 0.05) is 11.4 Å². The zero-order chi connectivity index (χ0) is 26.5. The fourth-order valence-electron chi connectivity index (χ4n) is 3.02. The molecule has 3 aromatic rings. The number of sulfonamides is 1. The van der Waals surface area contributed by atoms with Crippen molar-refractivity contribution >= 4 is 33.1 Å². The molecule has 0 saturated heterocycles. The molecular weight excluding hydrogens is 503 g/mol. The molecule has 0 heterocycles. The summed E-state index contributed by atoms with van der Waals surface area (Å²) in [5, 5.41) is 14.9. The van der Waals surface area contributed by atoms with Gasteiger partial charge in [0.15, 0.2) is 0 Å². The van der Waals surface area contributed by atoms with Gasteiger partial charge in [-0.15, -0.1) is 13.2 Å². The topological polar surface area (TPSA) is 126 Å². The minimum absolute atomic E-state index is 0.0894. The number of anilines is 3. The molecule has 1 atom stereocenters. The Morgan fingerprint density at radius 3 is 2.06 bits per heavy atom. The number of amides is 2. The first-order chi connectivity index (χ1) is 16.8. The lowest BCUT2D eigenvalue weighted by atomic mass is 10.1. The molecule has 3 aromatic carbocycles. The third kappa shape index (κ3) is 8.27. The van der Waals surface area contributed by atoms with E-state index >= 15 is 0 Å². The summed E-state index contributed by atoms with van der Waals surface area (Å²) in [6.45, 7) is 1.73. The molecule has 0 aliphatic carbocycles. The van der Waals surface area contributed by atoms with Crippen LogP contribution in [0.25, 0.3) is 0 Å². The molecule has 0 aliphatic heterocycles.